The Morgan fingerprint density at radius 3 is 2.48 bits per heavy atom. The minimum atomic E-state index is -0.277. The van der Waals surface area contributed by atoms with Crippen molar-refractivity contribution in [3.63, 3.8) is 0 Å². The van der Waals surface area contributed by atoms with Gasteiger partial charge in [-0.3, -0.25) is 9.36 Å². The summed E-state index contributed by atoms with van der Waals surface area (Å²) in [6, 6.07) is 19.7. The highest BCUT2D eigenvalue weighted by atomic mass is 32.2. The molecular weight excluding hydrogens is 380 g/mol. The maximum Gasteiger partial charge on any atom is 0.344 e. The molecule has 0 aliphatic rings. The van der Waals surface area contributed by atoms with E-state index >= 15 is 0 Å². The summed E-state index contributed by atoms with van der Waals surface area (Å²) in [6.07, 6.45) is 0. The van der Waals surface area contributed by atoms with Gasteiger partial charge in [0.15, 0.2) is 5.16 Å². The minimum Gasteiger partial charge on any atom is -0.355 e. The van der Waals surface area contributed by atoms with Crippen molar-refractivity contribution in [2.75, 3.05) is 18.1 Å². The fourth-order valence-corrected chi connectivity index (χ4v) is 3.94. The number of benzene rings is 2. The molecular formula is C19H20N4O2S2. The molecule has 1 amide bonds. The molecule has 0 bridgehead atoms. The molecule has 1 aromatic heterocycles. The molecule has 0 fully saturated rings. The average Bonchev–Trinajstić information content (AvgIpc) is 3.05. The van der Waals surface area contributed by atoms with Crippen molar-refractivity contribution < 1.29 is 4.79 Å². The number of amides is 1. The lowest BCUT2D eigenvalue weighted by Gasteiger charge is -2.07. The number of carbonyl (C=O) groups is 1. The summed E-state index contributed by atoms with van der Waals surface area (Å²) < 4.78 is 1.54. The SMILES string of the molecule is O=C(CSc1n[nH]c(=O)n1Cc1ccccc1)NCCSc1ccccc1. The van der Waals surface area contributed by atoms with E-state index in [9.17, 15) is 9.59 Å². The molecule has 1 heterocycles. The number of hydrogen-bond donors (Lipinski definition) is 2. The normalized spacial score (nSPS) is 10.7. The first-order chi connectivity index (χ1) is 13.2. The molecule has 2 N–H and O–H groups in total. The molecule has 8 heteroatoms. The highest BCUT2D eigenvalue weighted by Gasteiger charge is 2.11. The molecule has 0 radical (unpaired) electrons. The summed E-state index contributed by atoms with van der Waals surface area (Å²) in [6.45, 7) is 1.02. The Kier molecular flexibility index (Phi) is 7.18. The third-order valence-corrected chi connectivity index (χ3v) is 5.67. The van der Waals surface area contributed by atoms with E-state index in [1.165, 1.54) is 16.7 Å². The van der Waals surface area contributed by atoms with Gasteiger partial charge in [0.05, 0.1) is 12.3 Å². The monoisotopic (exact) mass is 400 g/mol. The largest absolute Gasteiger partial charge is 0.355 e. The molecule has 0 aliphatic carbocycles. The number of thioether (sulfide) groups is 2. The number of carbonyl (C=O) groups excluding carboxylic acids is 1. The Balaban J connectivity index is 1.44. The standard InChI is InChI=1S/C19H20N4O2S2/c24-17(20-11-12-26-16-9-5-2-6-10-16)14-27-19-22-21-18(25)23(19)13-15-7-3-1-4-8-15/h1-10H,11-14H2,(H,20,24)(H,21,25). The second-order valence-electron chi connectivity index (χ2n) is 5.68. The fourth-order valence-electron chi connectivity index (χ4n) is 2.38. The molecule has 0 atom stereocenters. The van der Waals surface area contributed by atoms with E-state index in [0.29, 0.717) is 18.2 Å². The van der Waals surface area contributed by atoms with Gasteiger partial charge in [0.2, 0.25) is 5.91 Å². The van der Waals surface area contributed by atoms with Crippen LogP contribution in [-0.2, 0) is 11.3 Å². The van der Waals surface area contributed by atoms with E-state index in [1.54, 1.807) is 16.3 Å². The molecule has 2 aromatic carbocycles. The molecule has 0 spiro atoms. The smallest absolute Gasteiger partial charge is 0.344 e. The lowest BCUT2D eigenvalue weighted by Crippen LogP contribution is -2.27. The number of aromatic nitrogens is 3. The molecule has 3 aromatic rings. The van der Waals surface area contributed by atoms with Crippen LogP contribution in [0, 0.1) is 0 Å². The van der Waals surface area contributed by atoms with E-state index in [-0.39, 0.29) is 17.3 Å². The number of rotatable bonds is 9. The number of nitrogens with one attached hydrogen (secondary N) is 2. The quantitative estimate of drug-likeness (QED) is 0.426. The summed E-state index contributed by atoms with van der Waals surface area (Å²) in [4.78, 5) is 25.2. The van der Waals surface area contributed by atoms with Crippen LogP contribution in [-0.4, -0.2) is 38.7 Å². The van der Waals surface area contributed by atoms with Gasteiger partial charge >= 0.3 is 5.69 Å². The van der Waals surface area contributed by atoms with Crippen LogP contribution in [0.15, 0.2) is 75.5 Å². The zero-order chi connectivity index (χ0) is 18.9. The maximum atomic E-state index is 12.0. The van der Waals surface area contributed by atoms with Crippen molar-refractivity contribution in [2.45, 2.75) is 16.6 Å². The molecule has 140 valence electrons. The van der Waals surface area contributed by atoms with Crippen LogP contribution < -0.4 is 11.0 Å². The van der Waals surface area contributed by atoms with Crippen LogP contribution in [0.1, 0.15) is 5.56 Å². The lowest BCUT2D eigenvalue weighted by molar-refractivity contribution is -0.118. The summed E-state index contributed by atoms with van der Waals surface area (Å²) in [5.41, 5.74) is 0.728. The zero-order valence-electron chi connectivity index (χ0n) is 14.6. The molecule has 3 rings (SSSR count). The van der Waals surface area contributed by atoms with Crippen LogP contribution in [0.25, 0.3) is 0 Å². The Hall–Kier alpha value is -2.45. The summed E-state index contributed by atoms with van der Waals surface area (Å²) in [7, 11) is 0. The Labute approximate surface area is 165 Å². The van der Waals surface area contributed by atoms with E-state index in [1.807, 2.05) is 60.7 Å². The van der Waals surface area contributed by atoms with Crippen molar-refractivity contribution in [3.05, 3.63) is 76.7 Å². The average molecular weight is 401 g/mol. The predicted molar refractivity (Wildman–Crippen MR) is 109 cm³/mol. The van der Waals surface area contributed by atoms with Gasteiger partial charge in [0, 0.05) is 17.2 Å². The van der Waals surface area contributed by atoms with Gasteiger partial charge in [-0.25, -0.2) is 9.89 Å². The van der Waals surface area contributed by atoms with Crippen LogP contribution in [0.3, 0.4) is 0 Å². The Morgan fingerprint density at radius 1 is 1.04 bits per heavy atom. The van der Waals surface area contributed by atoms with Crippen molar-refractivity contribution in [1.82, 2.24) is 20.1 Å². The van der Waals surface area contributed by atoms with Gasteiger partial charge < -0.3 is 5.32 Å². The minimum absolute atomic E-state index is 0.0737. The third kappa shape index (κ3) is 6.04. The van der Waals surface area contributed by atoms with E-state index in [2.05, 4.69) is 15.5 Å². The van der Waals surface area contributed by atoms with Crippen LogP contribution in [0.5, 0.6) is 0 Å². The first-order valence-corrected chi connectivity index (χ1v) is 10.5. The van der Waals surface area contributed by atoms with Gasteiger partial charge in [-0.1, -0.05) is 60.3 Å². The first-order valence-electron chi connectivity index (χ1n) is 8.49. The van der Waals surface area contributed by atoms with Gasteiger partial charge in [-0.2, -0.15) is 0 Å². The second-order valence-corrected chi connectivity index (χ2v) is 7.79. The van der Waals surface area contributed by atoms with Gasteiger partial charge in [0.1, 0.15) is 0 Å². The van der Waals surface area contributed by atoms with Crippen LogP contribution in [0.4, 0.5) is 0 Å². The second kappa shape index (κ2) is 10.0. The number of nitrogens with zero attached hydrogens (tertiary/aromatic N) is 2. The van der Waals surface area contributed by atoms with E-state index in [0.717, 1.165) is 11.3 Å². The fraction of sp³-hybridized carbons (Fsp3) is 0.211. The molecule has 6 nitrogen and oxygen atoms in total. The van der Waals surface area contributed by atoms with Crippen molar-refractivity contribution in [2.24, 2.45) is 0 Å². The van der Waals surface area contributed by atoms with E-state index in [4.69, 9.17) is 0 Å². The Bertz CT molecular complexity index is 910. The van der Waals surface area contributed by atoms with Crippen molar-refractivity contribution in [1.29, 1.82) is 0 Å². The molecule has 0 aliphatic heterocycles. The zero-order valence-corrected chi connectivity index (χ0v) is 16.3. The molecule has 0 saturated heterocycles. The Morgan fingerprint density at radius 2 is 1.74 bits per heavy atom. The van der Waals surface area contributed by atoms with Crippen molar-refractivity contribution >= 4 is 29.4 Å². The highest BCUT2D eigenvalue weighted by molar-refractivity contribution is 7.99. The molecule has 0 unspecified atom stereocenters. The lowest BCUT2D eigenvalue weighted by atomic mass is 10.2. The third-order valence-electron chi connectivity index (χ3n) is 3.68. The highest BCUT2D eigenvalue weighted by Crippen LogP contribution is 2.16. The topological polar surface area (TPSA) is 79.8 Å². The maximum absolute atomic E-state index is 12.0. The molecule has 0 saturated carbocycles. The van der Waals surface area contributed by atoms with Gasteiger partial charge in [0.25, 0.3) is 0 Å². The number of aromatic amines is 1. The number of H-pyrrole nitrogens is 1. The summed E-state index contributed by atoms with van der Waals surface area (Å²) in [5.74, 6) is 0.951. The van der Waals surface area contributed by atoms with Crippen molar-refractivity contribution in [3.8, 4) is 0 Å². The predicted octanol–water partition coefficient (Wildman–Crippen LogP) is 2.62. The van der Waals surface area contributed by atoms with Gasteiger partial charge in [-0.05, 0) is 17.7 Å². The first kappa shape index (κ1) is 19.3. The van der Waals surface area contributed by atoms with Gasteiger partial charge in [-0.15, -0.1) is 16.9 Å². The van der Waals surface area contributed by atoms with E-state index < -0.39 is 0 Å². The molecule has 27 heavy (non-hydrogen) atoms. The number of hydrogen-bond acceptors (Lipinski definition) is 5. The summed E-state index contributed by atoms with van der Waals surface area (Å²) in [5, 5.41) is 9.88. The van der Waals surface area contributed by atoms with Crippen LogP contribution in [0.2, 0.25) is 0 Å². The van der Waals surface area contributed by atoms with Crippen LogP contribution >= 0.6 is 23.5 Å². The summed E-state index contributed by atoms with van der Waals surface area (Å²) >= 11 is 2.95.